The van der Waals surface area contributed by atoms with Crippen LogP contribution in [0.4, 0.5) is 0 Å². The van der Waals surface area contributed by atoms with Gasteiger partial charge in [-0.15, -0.1) is 0 Å². The van der Waals surface area contributed by atoms with Crippen LogP contribution in [0.25, 0.3) is 0 Å². The standard InChI is InChI=1S/C5H3O3.Po/c1-3-2-4(6)8-5(3)7;/h2H,1H2;. The van der Waals surface area contributed by atoms with E-state index in [-0.39, 0.29) is 0 Å². The Morgan fingerprint density at radius 3 is 2.44 bits per heavy atom. The second kappa shape index (κ2) is 2.57. The molecule has 1 aliphatic rings. The molecule has 1 rings (SSSR count). The number of ether oxygens (including phenoxy) is 1. The van der Waals surface area contributed by atoms with Gasteiger partial charge in [0.15, 0.2) is 0 Å². The molecule has 4 heteroatoms. The van der Waals surface area contributed by atoms with Crippen LogP contribution in [0.15, 0.2) is 11.6 Å². The maximum atomic E-state index is 10.5. The van der Waals surface area contributed by atoms with E-state index in [9.17, 15) is 9.59 Å². The third kappa shape index (κ3) is 1.37. The maximum absolute atomic E-state index is 10.5. The summed E-state index contributed by atoms with van der Waals surface area (Å²) >= 11 is 1.25. The number of rotatable bonds is 1. The molecule has 0 aromatic heterocycles. The minimum atomic E-state index is -0.531. The number of hydrogen-bond acceptors (Lipinski definition) is 3. The van der Waals surface area contributed by atoms with E-state index in [1.165, 1.54) is 31.1 Å². The molecule has 47 valence electrons. The van der Waals surface area contributed by atoms with E-state index in [1.54, 1.807) is 0 Å². The van der Waals surface area contributed by atoms with Gasteiger partial charge < -0.3 is 0 Å². The van der Waals surface area contributed by atoms with Crippen molar-refractivity contribution >= 4 is 37.0 Å². The SMILES string of the molecule is O=C1C=C([CH2][Po])C(=O)O1. The van der Waals surface area contributed by atoms with Crippen LogP contribution < -0.4 is 0 Å². The predicted octanol–water partition coefficient (Wildman–Crippen LogP) is -0.417. The molecule has 1 heterocycles. The Morgan fingerprint density at radius 2 is 2.22 bits per heavy atom. The van der Waals surface area contributed by atoms with Crippen molar-refractivity contribution in [2.24, 2.45) is 0 Å². The monoisotopic (exact) mass is 320 g/mol. The summed E-state index contributed by atoms with van der Waals surface area (Å²) in [6.07, 6.45) is 1.25. The molecule has 1 radical (unpaired) electrons. The van der Waals surface area contributed by atoms with Crippen molar-refractivity contribution in [3.63, 3.8) is 0 Å². The van der Waals surface area contributed by atoms with Crippen LogP contribution in [-0.4, -0.2) is 37.0 Å². The molecule has 3 nitrogen and oxygen atoms in total. The molecule has 0 atom stereocenters. The number of esters is 2. The van der Waals surface area contributed by atoms with Gasteiger partial charge in [-0.1, -0.05) is 0 Å². The third-order valence-electron chi connectivity index (χ3n) is 0.903. The van der Waals surface area contributed by atoms with E-state index in [0.717, 1.165) is 0 Å². The zero-order valence-electron chi connectivity index (χ0n) is 4.42. The van der Waals surface area contributed by atoms with Crippen molar-refractivity contribution in [3.05, 3.63) is 11.6 Å². The quantitative estimate of drug-likeness (QED) is 0.487. The summed E-state index contributed by atoms with van der Waals surface area (Å²) < 4.78 is 4.85. The Bertz CT molecular complexity index is 194. The Labute approximate surface area is 67.2 Å². The van der Waals surface area contributed by atoms with Crippen molar-refractivity contribution in [2.75, 3.05) is 0 Å². The summed E-state index contributed by atoms with van der Waals surface area (Å²) in [5, 5.41) is 0. The van der Waals surface area contributed by atoms with Crippen LogP contribution in [-0.2, 0) is 14.3 Å². The fraction of sp³-hybridized carbons (Fsp3) is 0.200. The fourth-order valence-corrected chi connectivity index (χ4v) is 1.27. The van der Waals surface area contributed by atoms with Crippen molar-refractivity contribution in [3.8, 4) is 0 Å². The van der Waals surface area contributed by atoms with Crippen molar-refractivity contribution < 1.29 is 14.3 Å². The molecule has 9 heavy (non-hydrogen) atoms. The first kappa shape index (κ1) is 6.89. The van der Waals surface area contributed by atoms with Crippen LogP contribution in [0.3, 0.4) is 0 Å². The van der Waals surface area contributed by atoms with E-state index >= 15 is 0 Å². The van der Waals surface area contributed by atoms with Crippen LogP contribution in [0.2, 0.25) is 4.08 Å². The van der Waals surface area contributed by atoms with Crippen LogP contribution >= 0.6 is 0 Å². The molecule has 0 N–H and O–H groups in total. The second-order valence-electron chi connectivity index (χ2n) is 1.52. The van der Waals surface area contributed by atoms with Gasteiger partial charge in [0.25, 0.3) is 0 Å². The normalized spacial score (nSPS) is 17.7. The summed E-state index contributed by atoms with van der Waals surface area (Å²) in [7, 11) is 0. The molecule has 0 bridgehead atoms. The van der Waals surface area contributed by atoms with E-state index in [2.05, 4.69) is 4.74 Å². The molecule has 0 saturated heterocycles. The Hall–Kier alpha value is -0.224. The first-order valence-corrected chi connectivity index (χ1v) is 4.53. The van der Waals surface area contributed by atoms with Gasteiger partial charge in [0, 0.05) is 0 Å². The molecule has 0 saturated carbocycles. The number of carbonyl (C=O) groups is 2. The van der Waals surface area contributed by atoms with Crippen LogP contribution in [0, 0.1) is 0 Å². The minimum absolute atomic E-state index is 0.477. The summed E-state index contributed by atoms with van der Waals surface area (Å²) in [6, 6.07) is 0. The molecular weight excluding hydrogens is 317 g/mol. The zero-order chi connectivity index (χ0) is 6.85. The van der Waals surface area contributed by atoms with E-state index in [0.29, 0.717) is 9.65 Å². The summed E-state index contributed by atoms with van der Waals surface area (Å²) in [4.78, 5) is 20.8. The van der Waals surface area contributed by atoms with Crippen LogP contribution in [0.1, 0.15) is 0 Å². The molecule has 0 spiro atoms. The van der Waals surface area contributed by atoms with E-state index in [1.807, 2.05) is 0 Å². The van der Waals surface area contributed by atoms with Gasteiger partial charge in [-0.2, -0.15) is 0 Å². The van der Waals surface area contributed by atoms with Crippen molar-refractivity contribution in [1.82, 2.24) is 0 Å². The van der Waals surface area contributed by atoms with Crippen molar-refractivity contribution in [2.45, 2.75) is 4.08 Å². The number of cyclic esters (lactones) is 2. The van der Waals surface area contributed by atoms with E-state index < -0.39 is 11.9 Å². The summed E-state index contributed by atoms with van der Waals surface area (Å²) in [5.74, 6) is -1.01. The summed E-state index contributed by atoms with van der Waals surface area (Å²) in [5.41, 5.74) is 0.495. The molecule has 0 aliphatic carbocycles. The van der Waals surface area contributed by atoms with Gasteiger partial charge in [-0.3, -0.25) is 0 Å². The number of hydrogen-bond donors (Lipinski definition) is 0. The Balaban J connectivity index is 2.80. The third-order valence-corrected chi connectivity index (χ3v) is 2.11. The Morgan fingerprint density at radius 1 is 1.56 bits per heavy atom. The van der Waals surface area contributed by atoms with Gasteiger partial charge >= 0.3 is 67.1 Å². The van der Waals surface area contributed by atoms with Crippen LogP contribution in [0.5, 0.6) is 0 Å². The van der Waals surface area contributed by atoms with E-state index in [4.69, 9.17) is 0 Å². The molecule has 0 fully saturated rings. The fourth-order valence-electron chi connectivity index (χ4n) is 0.488. The number of carbonyl (C=O) groups excluding carboxylic acids is 2. The van der Waals surface area contributed by atoms with Crippen molar-refractivity contribution in [1.29, 1.82) is 0 Å². The van der Waals surface area contributed by atoms with Gasteiger partial charge in [-0.25, -0.2) is 0 Å². The first-order valence-electron chi connectivity index (χ1n) is 2.29. The zero-order valence-corrected chi connectivity index (χ0v) is 7.59. The molecule has 0 aromatic rings. The van der Waals surface area contributed by atoms with Gasteiger partial charge in [0.05, 0.1) is 0 Å². The van der Waals surface area contributed by atoms with Gasteiger partial charge in [0.2, 0.25) is 0 Å². The predicted molar refractivity (Wildman–Crippen MR) is 29.7 cm³/mol. The molecule has 0 amide bonds. The molecule has 0 aromatic carbocycles. The van der Waals surface area contributed by atoms with Gasteiger partial charge in [0.1, 0.15) is 0 Å². The first-order chi connectivity index (χ1) is 4.24. The average Bonchev–Trinajstić information content (AvgIpc) is 2.10. The molecular formula is C5H3O3Po. The second-order valence-corrected chi connectivity index (χ2v) is 2.64. The molecule has 0 unspecified atom stereocenters. The van der Waals surface area contributed by atoms with Gasteiger partial charge in [-0.05, 0) is 0 Å². The molecule has 1 aliphatic heterocycles. The summed E-state index contributed by atoms with van der Waals surface area (Å²) in [6.45, 7) is 0. The average molecular weight is 320 g/mol. The topological polar surface area (TPSA) is 43.4 Å². The Kier molecular flexibility index (Phi) is 1.97.